The summed E-state index contributed by atoms with van der Waals surface area (Å²) < 4.78 is 4.84. The fourth-order valence-electron chi connectivity index (χ4n) is 3.57. The van der Waals surface area contributed by atoms with Crippen molar-refractivity contribution in [1.29, 1.82) is 0 Å². The Balaban J connectivity index is 1.75. The van der Waals surface area contributed by atoms with Gasteiger partial charge in [-0.05, 0) is 48.7 Å². The number of rotatable bonds is 6. The molecule has 1 heterocycles. The van der Waals surface area contributed by atoms with Crippen molar-refractivity contribution in [3.05, 3.63) is 53.6 Å². The number of carbonyl (C=O) groups excluding carboxylic acids is 2. The lowest BCUT2D eigenvalue weighted by molar-refractivity contribution is 0.0600. The second-order valence-electron chi connectivity index (χ2n) is 7.76. The van der Waals surface area contributed by atoms with Crippen LogP contribution in [-0.2, 0) is 11.3 Å². The summed E-state index contributed by atoms with van der Waals surface area (Å²) >= 11 is 0. The molecule has 2 aromatic carbocycles. The van der Waals surface area contributed by atoms with Gasteiger partial charge in [0.05, 0.1) is 24.0 Å². The van der Waals surface area contributed by atoms with Gasteiger partial charge < -0.3 is 24.8 Å². The maximum absolute atomic E-state index is 12.9. The monoisotopic (exact) mass is 410 g/mol. The number of amides is 2. The SMILES string of the molecule is COC(=O)c1ccc(N2CCCC2)c(NC(=O)N(C)Cc2ccc(N(C)C)cc2)c1. The number of ether oxygens (including phenoxy) is 1. The number of esters is 1. The van der Waals surface area contributed by atoms with Crippen LogP contribution in [0.3, 0.4) is 0 Å². The quantitative estimate of drug-likeness (QED) is 0.734. The molecule has 7 nitrogen and oxygen atoms in total. The standard InChI is InChI=1S/C23H30N4O3/c1-25(2)19-10-7-17(8-11-19)16-26(3)23(29)24-20-15-18(22(28)30-4)9-12-21(20)27-13-5-6-14-27/h7-12,15H,5-6,13-14,16H2,1-4H3,(H,24,29). The van der Waals surface area contributed by atoms with Gasteiger partial charge in [0.15, 0.2) is 0 Å². The van der Waals surface area contributed by atoms with E-state index < -0.39 is 5.97 Å². The molecule has 1 aliphatic heterocycles. The lowest BCUT2D eigenvalue weighted by atomic mass is 10.1. The van der Waals surface area contributed by atoms with Gasteiger partial charge in [-0.2, -0.15) is 0 Å². The number of benzene rings is 2. The molecule has 7 heteroatoms. The number of hydrogen-bond donors (Lipinski definition) is 1. The van der Waals surface area contributed by atoms with Gasteiger partial charge in [0.2, 0.25) is 0 Å². The predicted molar refractivity (Wildman–Crippen MR) is 120 cm³/mol. The number of hydrogen-bond acceptors (Lipinski definition) is 5. The molecule has 3 rings (SSSR count). The molecule has 0 bridgehead atoms. The van der Waals surface area contributed by atoms with Crippen molar-refractivity contribution >= 4 is 29.1 Å². The predicted octanol–water partition coefficient (Wildman–Crippen LogP) is 3.80. The Morgan fingerprint density at radius 2 is 1.70 bits per heavy atom. The van der Waals surface area contributed by atoms with Gasteiger partial charge in [-0.25, -0.2) is 9.59 Å². The molecule has 30 heavy (non-hydrogen) atoms. The van der Waals surface area contributed by atoms with Crippen molar-refractivity contribution < 1.29 is 14.3 Å². The molecule has 0 aromatic heterocycles. The molecule has 0 atom stereocenters. The maximum Gasteiger partial charge on any atom is 0.337 e. The number of nitrogens with zero attached hydrogens (tertiary/aromatic N) is 3. The third kappa shape index (κ3) is 5.03. The first kappa shape index (κ1) is 21.5. The highest BCUT2D eigenvalue weighted by Crippen LogP contribution is 2.30. The molecule has 2 amide bonds. The Bertz CT molecular complexity index is 890. The van der Waals surface area contributed by atoms with E-state index >= 15 is 0 Å². The van der Waals surface area contributed by atoms with E-state index in [2.05, 4.69) is 10.2 Å². The van der Waals surface area contributed by atoms with Crippen molar-refractivity contribution in [2.24, 2.45) is 0 Å². The zero-order chi connectivity index (χ0) is 21.7. The lowest BCUT2D eigenvalue weighted by Crippen LogP contribution is -2.32. The number of methoxy groups -OCH3 is 1. The first-order valence-corrected chi connectivity index (χ1v) is 10.1. The van der Waals surface area contributed by atoms with Crippen LogP contribution in [0.25, 0.3) is 0 Å². The molecular weight excluding hydrogens is 380 g/mol. The van der Waals surface area contributed by atoms with Gasteiger partial charge in [-0.3, -0.25) is 0 Å². The van der Waals surface area contributed by atoms with Crippen molar-refractivity contribution in [3.63, 3.8) is 0 Å². The van der Waals surface area contributed by atoms with E-state index in [4.69, 9.17) is 4.74 Å². The molecule has 1 fully saturated rings. The largest absolute Gasteiger partial charge is 0.465 e. The molecule has 1 saturated heterocycles. The van der Waals surface area contributed by atoms with Crippen LogP contribution in [0.5, 0.6) is 0 Å². The molecule has 0 spiro atoms. The minimum Gasteiger partial charge on any atom is -0.465 e. The number of carbonyl (C=O) groups is 2. The van der Waals surface area contributed by atoms with E-state index in [1.54, 1.807) is 24.1 Å². The normalized spacial score (nSPS) is 13.1. The Hall–Kier alpha value is -3.22. The Labute approximate surface area is 178 Å². The summed E-state index contributed by atoms with van der Waals surface area (Å²) in [7, 11) is 7.10. The third-order valence-corrected chi connectivity index (χ3v) is 5.33. The van der Waals surface area contributed by atoms with E-state index in [1.807, 2.05) is 49.3 Å². The molecule has 0 saturated carbocycles. The van der Waals surface area contributed by atoms with Gasteiger partial charge in [0.25, 0.3) is 0 Å². The van der Waals surface area contributed by atoms with Crippen LogP contribution in [0.4, 0.5) is 21.9 Å². The van der Waals surface area contributed by atoms with Gasteiger partial charge in [0.1, 0.15) is 0 Å². The van der Waals surface area contributed by atoms with Gasteiger partial charge in [-0.15, -0.1) is 0 Å². The minimum atomic E-state index is -0.423. The van der Waals surface area contributed by atoms with Crippen LogP contribution in [0.2, 0.25) is 0 Å². The highest BCUT2D eigenvalue weighted by molar-refractivity contribution is 5.97. The summed E-state index contributed by atoms with van der Waals surface area (Å²) in [6.07, 6.45) is 2.24. The highest BCUT2D eigenvalue weighted by Gasteiger charge is 2.20. The van der Waals surface area contributed by atoms with Crippen molar-refractivity contribution in [2.45, 2.75) is 19.4 Å². The average Bonchev–Trinajstić information content (AvgIpc) is 3.28. The van der Waals surface area contributed by atoms with Crippen LogP contribution >= 0.6 is 0 Å². The highest BCUT2D eigenvalue weighted by atomic mass is 16.5. The van der Waals surface area contributed by atoms with Gasteiger partial charge >= 0.3 is 12.0 Å². The molecule has 1 aliphatic rings. The van der Waals surface area contributed by atoms with Crippen LogP contribution < -0.4 is 15.1 Å². The Morgan fingerprint density at radius 3 is 2.30 bits per heavy atom. The van der Waals surface area contributed by atoms with Gasteiger partial charge in [0, 0.05) is 46.5 Å². The fraction of sp³-hybridized carbons (Fsp3) is 0.391. The number of nitrogens with one attached hydrogen (secondary N) is 1. The average molecular weight is 411 g/mol. The maximum atomic E-state index is 12.9. The summed E-state index contributed by atoms with van der Waals surface area (Å²) in [5.41, 5.74) is 4.12. The topological polar surface area (TPSA) is 65.1 Å². The molecule has 0 unspecified atom stereocenters. The molecule has 160 valence electrons. The van der Waals surface area contributed by atoms with Crippen molar-refractivity contribution in [3.8, 4) is 0 Å². The summed E-state index contributed by atoms with van der Waals surface area (Å²) in [6, 6.07) is 13.2. The van der Waals surface area contributed by atoms with Crippen LogP contribution in [-0.4, -0.2) is 58.2 Å². The summed E-state index contributed by atoms with van der Waals surface area (Å²) in [6.45, 7) is 2.36. The second-order valence-corrected chi connectivity index (χ2v) is 7.76. The van der Waals surface area contributed by atoms with Crippen molar-refractivity contribution in [2.75, 3.05) is 56.5 Å². The van der Waals surface area contributed by atoms with Crippen LogP contribution in [0.1, 0.15) is 28.8 Å². The minimum absolute atomic E-state index is 0.228. The van der Waals surface area contributed by atoms with E-state index in [0.717, 1.165) is 42.9 Å². The molecular formula is C23H30N4O3. The zero-order valence-corrected chi connectivity index (χ0v) is 18.1. The molecule has 1 N–H and O–H groups in total. The van der Waals surface area contributed by atoms with Crippen LogP contribution in [0, 0.1) is 0 Å². The second kappa shape index (κ2) is 9.52. The van der Waals surface area contributed by atoms with Crippen molar-refractivity contribution in [1.82, 2.24) is 4.90 Å². The summed E-state index contributed by atoms with van der Waals surface area (Å²) in [4.78, 5) is 30.8. The number of urea groups is 1. The van der Waals surface area contributed by atoms with Gasteiger partial charge in [-0.1, -0.05) is 12.1 Å². The molecule has 2 aromatic rings. The fourth-order valence-corrected chi connectivity index (χ4v) is 3.57. The Kier molecular flexibility index (Phi) is 6.82. The first-order valence-electron chi connectivity index (χ1n) is 10.1. The molecule has 0 aliphatic carbocycles. The van der Waals surface area contributed by atoms with E-state index in [9.17, 15) is 9.59 Å². The van der Waals surface area contributed by atoms with E-state index in [0.29, 0.717) is 17.8 Å². The van der Waals surface area contributed by atoms with Crippen LogP contribution in [0.15, 0.2) is 42.5 Å². The number of anilines is 3. The third-order valence-electron chi connectivity index (χ3n) is 5.33. The first-order chi connectivity index (χ1) is 14.4. The van der Waals surface area contributed by atoms with E-state index in [-0.39, 0.29) is 6.03 Å². The zero-order valence-electron chi connectivity index (χ0n) is 18.1. The smallest absolute Gasteiger partial charge is 0.337 e. The summed E-state index contributed by atoms with van der Waals surface area (Å²) in [5.74, 6) is -0.423. The molecule has 0 radical (unpaired) electrons. The van der Waals surface area contributed by atoms with E-state index in [1.165, 1.54) is 7.11 Å². The lowest BCUT2D eigenvalue weighted by Gasteiger charge is -2.24. The Morgan fingerprint density at radius 1 is 1.03 bits per heavy atom. The summed E-state index contributed by atoms with van der Waals surface area (Å²) in [5, 5.41) is 2.99.